The van der Waals surface area contributed by atoms with Gasteiger partial charge in [0.2, 0.25) is 0 Å². The fourth-order valence-electron chi connectivity index (χ4n) is 1.81. The Balaban J connectivity index is 1.83. The van der Waals surface area contributed by atoms with E-state index in [-0.39, 0.29) is 11.5 Å². The van der Waals surface area contributed by atoms with E-state index in [4.69, 9.17) is 4.74 Å². The number of carbonyl (C=O) groups is 2. The van der Waals surface area contributed by atoms with Crippen molar-refractivity contribution in [2.75, 3.05) is 13.7 Å². The molecule has 1 heterocycles. The van der Waals surface area contributed by atoms with E-state index in [1.165, 1.54) is 25.5 Å². The van der Waals surface area contributed by atoms with Gasteiger partial charge in [0.1, 0.15) is 5.75 Å². The van der Waals surface area contributed by atoms with Gasteiger partial charge >= 0.3 is 5.00 Å². The van der Waals surface area contributed by atoms with Crippen molar-refractivity contribution in [3.05, 3.63) is 57.0 Å². The van der Waals surface area contributed by atoms with Crippen LogP contribution in [0.15, 0.2) is 41.5 Å². The maximum absolute atomic E-state index is 12.0. The van der Waals surface area contributed by atoms with Gasteiger partial charge in [-0.15, -0.1) is 0 Å². The number of amides is 2. The second-order valence-electron chi connectivity index (χ2n) is 4.61. The summed E-state index contributed by atoms with van der Waals surface area (Å²) in [6, 6.07) is 9.49. The maximum atomic E-state index is 12.0. The van der Waals surface area contributed by atoms with Gasteiger partial charge in [-0.1, -0.05) is 23.5 Å². The quantitative estimate of drug-likeness (QED) is 0.439. The molecule has 25 heavy (non-hydrogen) atoms. The SMILES string of the molecule is COc1ccccc1C(=O)NCC(=O)N/N=C\c1ccc([N+](=O)[O-])s1. The summed E-state index contributed by atoms with van der Waals surface area (Å²) in [5, 5.41) is 16.7. The number of rotatable bonds is 7. The molecule has 0 bridgehead atoms. The molecular weight excluding hydrogens is 348 g/mol. The minimum atomic E-state index is -0.537. The molecule has 2 rings (SSSR count). The Morgan fingerprint density at radius 3 is 2.76 bits per heavy atom. The molecule has 0 saturated heterocycles. The van der Waals surface area contributed by atoms with Gasteiger partial charge < -0.3 is 10.1 Å². The number of nitrogens with one attached hydrogen (secondary N) is 2. The first-order chi connectivity index (χ1) is 12.0. The molecule has 0 aliphatic rings. The summed E-state index contributed by atoms with van der Waals surface area (Å²) >= 11 is 0.929. The van der Waals surface area contributed by atoms with Gasteiger partial charge in [-0.05, 0) is 18.2 Å². The normalized spacial score (nSPS) is 10.4. The lowest BCUT2D eigenvalue weighted by molar-refractivity contribution is -0.380. The van der Waals surface area contributed by atoms with Crippen LogP contribution in [0.5, 0.6) is 5.75 Å². The van der Waals surface area contributed by atoms with Crippen LogP contribution >= 0.6 is 11.3 Å². The van der Waals surface area contributed by atoms with Crippen LogP contribution < -0.4 is 15.5 Å². The summed E-state index contributed by atoms with van der Waals surface area (Å²) in [6.07, 6.45) is 1.29. The monoisotopic (exact) mass is 362 g/mol. The van der Waals surface area contributed by atoms with Crippen LogP contribution in [0.2, 0.25) is 0 Å². The van der Waals surface area contributed by atoms with Gasteiger partial charge in [-0.2, -0.15) is 5.10 Å². The van der Waals surface area contributed by atoms with E-state index in [1.807, 2.05) is 0 Å². The molecule has 0 unspecified atom stereocenters. The molecule has 0 aliphatic heterocycles. The minimum Gasteiger partial charge on any atom is -0.496 e. The first-order valence-electron chi connectivity index (χ1n) is 6.98. The molecule has 0 atom stereocenters. The average molecular weight is 362 g/mol. The number of hydrogen-bond donors (Lipinski definition) is 2. The molecule has 2 N–H and O–H groups in total. The van der Waals surface area contributed by atoms with Crippen molar-refractivity contribution in [3.63, 3.8) is 0 Å². The number of methoxy groups -OCH3 is 1. The highest BCUT2D eigenvalue weighted by molar-refractivity contribution is 7.16. The third-order valence-corrected chi connectivity index (χ3v) is 3.91. The van der Waals surface area contributed by atoms with E-state index < -0.39 is 16.7 Å². The molecule has 9 nitrogen and oxygen atoms in total. The highest BCUT2D eigenvalue weighted by Gasteiger charge is 2.12. The molecule has 2 amide bonds. The highest BCUT2D eigenvalue weighted by Crippen LogP contribution is 2.22. The molecule has 1 aromatic carbocycles. The standard InChI is InChI=1S/C15H14N4O5S/c1-24-12-5-3-2-4-11(12)15(21)16-9-13(20)18-17-8-10-6-7-14(25-10)19(22)23/h2-8H,9H2,1H3,(H,16,21)(H,18,20)/b17-8-. The van der Waals surface area contributed by atoms with Crippen molar-refractivity contribution in [1.29, 1.82) is 0 Å². The zero-order valence-electron chi connectivity index (χ0n) is 13.1. The van der Waals surface area contributed by atoms with E-state index in [9.17, 15) is 19.7 Å². The molecule has 0 fully saturated rings. The molecule has 0 radical (unpaired) electrons. The van der Waals surface area contributed by atoms with E-state index in [2.05, 4.69) is 15.8 Å². The summed E-state index contributed by atoms with van der Waals surface area (Å²) in [6.45, 7) is -0.279. The fourth-order valence-corrected chi connectivity index (χ4v) is 2.50. The first kappa shape index (κ1) is 18.1. The van der Waals surface area contributed by atoms with Crippen molar-refractivity contribution in [2.45, 2.75) is 0 Å². The van der Waals surface area contributed by atoms with E-state index >= 15 is 0 Å². The van der Waals surface area contributed by atoms with Crippen LogP contribution in [0.25, 0.3) is 0 Å². The zero-order valence-corrected chi connectivity index (χ0v) is 13.9. The largest absolute Gasteiger partial charge is 0.496 e. The molecular formula is C15H14N4O5S. The van der Waals surface area contributed by atoms with Crippen molar-refractivity contribution in [1.82, 2.24) is 10.7 Å². The van der Waals surface area contributed by atoms with E-state index in [0.717, 1.165) is 11.3 Å². The number of para-hydroxylation sites is 1. The maximum Gasteiger partial charge on any atom is 0.324 e. The summed E-state index contributed by atoms with van der Waals surface area (Å²) in [5.74, 6) is -0.589. The van der Waals surface area contributed by atoms with Crippen molar-refractivity contribution >= 4 is 34.4 Å². The minimum absolute atomic E-state index is 0.0168. The van der Waals surface area contributed by atoms with Gasteiger partial charge in [-0.25, -0.2) is 5.43 Å². The van der Waals surface area contributed by atoms with E-state index in [1.54, 1.807) is 24.3 Å². The molecule has 130 valence electrons. The zero-order chi connectivity index (χ0) is 18.2. The van der Waals surface area contributed by atoms with Crippen molar-refractivity contribution < 1.29 is 19.2 Å². The van der Waals surface area contributed by atoms with Crippen molar-refractivity contribution in [3.8, 4) is 5.75 Å². The Labute approximate surface area is 146 Å². The predicted molar refractivity (Wildman–Crippen MR) is 92.0 cm³/mol. The first-order valence-corrected chi connectivity index (χ1v) is 7.80. The lowest BCUT2D eigenvalue weighted by Gasteiger charge is -2.08. The topological polar surface area (TPSA) is 123 Å². The average Bonchev–Trinajstić information content (AvgIpc) is 3.09. The Bertz CT molecular complexity index is 818. The number of ether oxygens (including phenoxy) is 1. The van der Waals surface area contributed by atoms with Crippen LogP contribution in [0.4, 0.5) is 5.00 Å². The lowest BCUT2D eigenvalue weighted by Crippen LogP contribution is -2.35. The Hall–Kier alpha value is -3.27. The summed E-state index contributed by atoms with van der Waals surface area (Å²) in [5.41, 5.74) is 2.54. The number of nitrogens with zero attached hydrogens (tertiary/aromatic N) is 2. The van der Waals surface area contributed by atoms with E-state index in [0.29, 0.717) is 16.2 Å². The molecule has 1 aromatic heterocycles. The predicted octanol–water partition coefficient (Wildman–Crippen LogP) is 1.54. The van der Waals surface area contributed by atoms with Gasteiger partial charge in [0, 0.05) is 6.07 Å². The third-order valence-electron chi connectivity index (χ3n) is 2.93. The summed E-state index contributed by atoms with van der Waals surface area (Å²) in [4.78, 5) is 34.3. The van der Waals surface area contributed by atoms with Crippen LogP contribution in [-0.2, 0) is 4.79 Å². The number of benzene rings is 1. The lowest BCUT2D eigenvalue weighted by atomic mass is 10.2. The van der Waals surface area contributed by atoms with Crippen LogP contribution in [-0.4, -0.2) is 36.6 Å². The number of nitro groups is 1. The summed E-state index contributed by atoms with van der Waals surface area (Å²) < 4.78 is 5.07. The van der Waals surface area contributed by atoms with Gasteiger partial charge in [-0.3, -0.25) is 19.7 Å². The number of carbonyl (C=O) groups excluding carboxylic acids is 2. The van der Waals surface area contributed by atoms with Crippen LogP contribution in [0.3, 0.4) is 0 Å². The second kappa shape index (κ2) is 8.55. The van der Waals surface area contributed by atoms with Gasteiger partial charge in [0.05, 0.1) is 35.2 Å². The third kappa shape index (κ3) is 5.11. The number of thiophene rings is 1. The highest BCUT2D eigenvalue weighted by atomic mass is 32.1. The molecule has 0 saturated carbocycles. The molecule has 10 heteroatoms. The molecule has 0 aliphatic carbocycles. The fraction of sp³-hybridized carbons (Fsp3) is 0.133. The number of hydrazone groups is 1. The second-order valence-corrected chi connectivity index (χ2v) is 5.70. The number of hydrogen-bond acceptors (Lipinski definition) is 7. The molecule has 2 aromatic rings. The Morgan fingerprint density at radius 2 is 2.08 bits per heavy atom. The molecule has 0 spiro atoms. The Morgan fingerprint density at radius 1 is 1.32 bits per heavy atom. The Kier molecular flexibility index (Phi) is 6.18. The smallest absolute Gasteiger partial charge is 0.324 e. The van der Waals surface area contributed by atoms with Crippen LogP contribution in [0.1, 0.15) is 15.2 Å². The summed E-state index contributed by atoms with van der Waals surface area (Å²) in [7, 11) is 1.45. The van der Waals surface area contributed by atoms with Crippen molar-refractivity contribution in [2.24, 2.45) is 5.10 Å². The van der Waals surface area contributed by atoms with Crippen LogP contribution in [0, 0.1) is 10.1 Å². The van der Waals surface area contributed by atoms with Gasteiger partial charge in [0.25, 0.3) is 11.8 Å². The van der Waals surface area contributed by atoms with Gasteiger partial charge in [0.15, 0.2) is 0 Å².